The molecule has 0 aromatic heterocycles. The van der Waals surface area contributed by atoms with Gasteiger partial charge in [0.15, 0.2) is 24.6 Å². The highest BCUT2D eigenvalue weighted by molar-refractivity contribution is 5.77. The Morgan fingerprint density at radius 1 is 0.667 bits per heavy atom. The fourth-order valence-electron chi connectivity index (χ4n) is 2.71. The summed E-state index contributed by atoms with van der Waals surface area (Å²) in [6.07, 6.45) is -6.99. The molecule has 0 amide bonds. The molecule has 0 bridgehead atoms. The van der Waals surface area contributed by atoms with E-state index in [2.05, 4.69) is 0 Å². The van der Waals surface area contributed by atoms with Gasteiger partial charge in [0.25, 0.3) is 0 Å². The Hall–Kier alpha value is -2.20. The fraction of sp³-hybridized carbons (Fsp3) is 0.846. The third-order valence-corrected chi connectivity index (χ3v) is 5.16. The third kappa shape index (κ3) is 8.73. The number of rotatable bonds is 6. The summed E-state index contributed by atoms with van der Waals surface area (Å²) in [5.41, 5.74) is -3.61. The van der Waals surface area contributed by atoms with Crippen molar-refractivity contribution in [2.75, 3.05) is 6.61 Å². The Labute approximate surface area is 214 Å². The fourth-order valence-corrected chi connectivity index (χ4v) is 2.71. The summed E-state index contributed by atoms with van der Waals surface area (Å²) in [7, 11) is 0. The van der Waals surface area contributed by atoms with Crippen molar-refractivity contribution in [2.45, 2.75) is 114 Å². The molecule has 36 heavy (non-hydrogen) atoms. The van der Waals surface area contributed by atoms with Crippen LogP contribution in [0.2, 0.25) is 0 Å². The molecule has 1 aliphatic rings. The van der Waals surface area contributed by atoms with Gasteiger partial charge in [-0.15, -0.1) is 0 Å². The second kappa shape index (κ2) is 11.0. The van der Waals surface area contributed by atoms with Crippen LogP contribution < -0.4 is 0 Å². The second-order valence-electron chi connectivity index (χ2n) is 13.3. The molecule has 0 unspecified atom stereocenters. The van der Waals surface area contributed by atoms with Crippen molar-refractivity contribution in [3.05, 3.63) is 0 Å². The van der Waals surface area contributed by atoms with Crippen molar-refractivity contribution in [2.24, 2.45) is 21.7 Å². The molecular weight excluding hydrogens is 472 g/mol. The number of aliphatic hydroxyl groups excluding tert-OH is 1. The van der Waals surface area contributed by atoms with Crippen LogP contribution in [0.4, 0.5) is 0 Å². The lowest BCUT2D eigenvalue weighted by atomic mass is 9.95. The van der Waals surface area contributed by atoms with Crippen LogP contribution in [-0.4, -0.2) is 66.3 Å². The van der Waals surface area contributed by atoms with Gasteiger partial charge < -0.3 is 28.8 Å². The van der Waals surface area contributed by atoms with E-state index >= 15 is 0 Å². The molecule has 208 valence electrons. The van der Waals surface area contributed by atoms with Crippen molar-refractivity contribution in [1.29, 1.82) is 0 Å². The number of carbonyl (C=O) groups is 4. The largest absolute Gasteiger partial charge is 0.461 e. The summed E-state index contributed by atoms with van der Waals surface area (Å²) in [5, 5.41) is 10.7. The summed E-state index contributed by atoms with van der Waals surface area (Å²) in [5.74, 6) is -2.50. The van der Waals surface area contributed by atoms with Crippen LogP contribution in [0, 0.1) is 21.7 Å². The molecule has 1 aliphatic heterocycles. The first-order valence-electron chi connectivity index (χ1n) is 12.1. The van der Waals surface area contributed by atoms with Crippen molar-refractivity contribution >= 4 is 23.9 Å². The lowest BCUT2D eigenvalue weighted by Gasteiger charge is -2.32. The number of aliphatic hydroxyl groups is 1. The molecule has 0 spiro atoms. The lowest BCUT2D eigenvalue weighted by Crippen LogP contribution is -2.49. The van der Waals surface area contributed by atoms with E-state index in [4.69, 9.17) is 23.7 Å². The van der Waals surface area contributed by atoms with E-state index in [0.717, 1.165) is 0 Å². The zero-order chi connectivity index (χ0) is 28.4. The highest BCUT2D eigenvalue weighted by Crippen LogP contribution is 2.34. The van der Waals surface area contributed by atoms with Crippen LogP contribution in [0.1, 0.15) is 83.1 Å². The molecule has 1 saturated heterocycles. The Morgan fingerprint density at radius 3 is 1.44 bits per heavy atom. The Kier molecular flexibility index (Phi) is 9.77. The van der Waals surface area contributed by atoms with Gasteiger partial charge in [0.05, 0.1) is 21.7 Å². The van der Waals surface area contributed by atoms with Gasteiger partial charge in [0.1, 0.15) is 12.7 Å². The second-order valence-corrected chi connectivity index (χ2v) is 13.3. The Bertz CT molecular complexity index is 820. The minimum atomic E-state index is -1.69. The highest BCUT2D eigenvalue weighted by atomic mass is 16.7. The number of hydrogen-bond acceptors (Lipinski definition) is 10. The molecular formula is C26H44O10. The van der Waals surface area contributed by atoms with Crippen molar-refractivity contribution in [3.8, 4) is 0 Å². The first-order chi connectivity index (χ1) is 16.0. The first-order valence-corrected chi connectivity index (χ1v) is 12.1. The predicted octanol–water partition coefficient (Wildman–Crippen LogP) is 3.17. The minimum absolute atomic E-state index is 0.432. The summed E-state index contributed by atoms with van der Waals surface area (Å²) in [6.45, 7) is 19.3. The SMILES string of the molecule is CC(C)(C)C(=O)OC[C@@H](OC(=O)C(C)(C)C)[C@@H]1O[C@H](O)[C@H](OC(=O)C(C)(C)C)[C@H]1OC(=O)C(C)(C)C. The topological polar surface area (TPSA) is 135 Å². The zero-order valence-electron chi connectivity index (χ0n) is 23.7. The minimum Gasteiger partial charge on any atom is -0.461 e. The molecule has 0 aromatic carbocycles. The quantitative estimate of drug-likeness (QED) is 0.414. The molecule has 0 aliphatic carbocycles. The molecule has 10 heteroatoms. The van der Waals surface area contributed by atoms with Gasteiger partial charge in [-0.2, -0.15) is 0 Å². The highest BCUT2D eigenvalue weighted by Gasteiger charge is 2.55. The smallest absolute Gasteiger partial charge is 0.311 e. The van der Waals surface area contributed by atoms with Crippen LogP contribution in [0.25, 0.3) is 0 Å². The maximum absolute atomic E-state index is 12.8. The number of ether oxygens (including phenoxy) is 5. The van der Waals surface area contributed by atoms with E-state index in [1.807, 2.05) is 0 Å². The molecule has 1 rings (SSSR count). The normalized spacial score (nSPS) is 24.0. The molecule has 1 N–H and O–H groups in total. The standard InChI is InChI=1S/C26H44O10/c1-23(2,3)19(28)32-13-14(33-20(29)24(4,5)6)15-16(35-21(30)25(7,8)9)17(18(27)34-15)36-22(31)26(10,11)12/h14-18,27H,13H2,1-12H3/t14-,15+,16+,17-,18+/m1/s1. The molecule has 10 nitrogen and oxygen atoms in total. The van der Waals surface area contributed by atoms with Crippen LogP contribution in [0.3, 0.4) is 0 Å². The van der Waals surface area contributed by atoms with Crippen molar-refractivity contribution < 1.29 is 48.0 Å². The van der Waals surface area contributed by atoms with Gasteiger partial charge >= 0.3 is 23.9 Å². The average Bonchev–Trinajstić information content (AvgIpc) is 2.97. The van der Waals surface area contributed by atoms with E-state index in [-0.39, 0.29) is 0 Å². The average molecular weight is 517 g/mol. The van der Waals surface area contributed by atoms with Crippen LogP contribution in [-0.2, 0) is 42.9 Å². The van der Waals surface area contributed by atoms with Gasteiger partial charge in [0, 0.05) is 0 Å². The van der Waals surface area contributed by atoms with E-state index < -0.39 is 82.8 Å². The first kappa shape index (κ1) is 31.8. The van der Waals surface area contributed by atoms with Crippen molar-refractivity contribution in [1.82, 2.24) is 0 Å². The van der Waals surface area contributed by atoms with Gasteiger partial charge in [-0.1, -0.05) is 0 Å². The Morgan fingerprint density at radius 2 is 1.06 bits per heavy atom. The van der Waals surface area contributed by atoms with E-state index in [1.165, 1.54) is 0 Å². The molecule has 5 atom stereocenters. The third-order valence-electron chi connectivity index (χ3n) is 5.16. The van der Waals surface area contributed by atoms with Gasteiger partial charge in [-0.3, -0.25) is 19.2 Å². The maximum Gasteiger partial charge on any atom is 0.311 e. The molecule has 1 heterocycles. The van der Waals surface area contributed by atoms with Crippen LogP contribution in [0.5, 0.6) is 0 Å². The summed E-state index contributed by atoms with van der Waals surface area (Å²) in [6, 6.07) is 0. The lowest BCUT2D eigenvalue weighted by molar-refractivity contribution is -0.194. The molecule has 0 saturated carbocycles. The van der Waals surface area contributed by atoms with E-state index in [1.54, 1.807) is 83.1 Å². The zero-order valence-corrected chi connectivity index (χ0v) is 23.7. The Balaban J connectivity index is 3.42. The maximum atomic E-state index is 12.8. The van der Waals surface area contributed by atoms with Gasteiger partial charge in [-0.25, -0.2) is 0 Å². The number of carbonyl (C=O) groups excluding carboxylic acids is 4. The van der Waals surface area contributed by atoms with Crippen LogP contribution in [0.15, 0.2) is 0 Å². The monoisotopic (exact) mass is 516 g/mol. The van der Waals surface area contributed by atoms with Crippen molar-refractivity contribution in [3.63, 3.8) is 0 Å². The summed E-state index contributed by atoms with van der Waals surface area (Å²) in [4.78, 5) is 50.6. The number of esters is 4. The molecule has 0 aromatic rings. The molecule has 1 fully saturated rings. The number of hydrogen-bond donors (Lipinski definition) is 1. The molecule has 0 radical (unpaired) electrons. The predicted molar refractivity (Wildman–Crippen MR) is 129 cm³/mol. The van der Waals surface area contributed by atoms with E-state index in [9.17, 15) is 24.3 Å². The summed E-state index contributed by atoms with van der Waals surface area (Å²) < 4.78 is 27.9. The van der Waals surface area contributed by atoms with Gasteiger partial charge in [0.2, 0.25) is 0 Å². The van der Waals surface area contributed by atoms with Gasteiger partial charge in [-0.05, 0) is 83.1 Å². The summed E-state index contributed by atoms with van der Waals surface area (Å²) >= 11 is 0. The van der Waals surface area contributed by atoms with E-state index in [0.29, 0.717) is 0 Å². The van der Waals surface area contributed by atoms with Crippen LogP contribution >= 0.6 is 0 Å².